The van der Waals surface area contributed by atoms with Crippen LogP contribution in [0.2, 0.25) is 0 Å². The molecule has 0 aliphatic heterocycles. The van der Waals surface area contributed by atoms with Crippen LogP contribution in [0.5, 0.6) is 0 Å². The molecule has 21 heavy (non-hydrogen) atoms. The standard InChI is InChI=1S/C17H21N3O/c1-3-4-11-18-16-10-9-14(12-19-16)20-17(21)15-8-6-5-7-13(15)2/h5-10,12H,3-4,11H2,1-2H3,(H,18,19)(H,20,21). The van der Waals surface area contributed by atoms with Gasteiger partial charge in [-0.1, -0.05) is 31.5 Å². The van der Waals surface area contributed by atoms with Crippen molar-refractivity contribution >= 4 is 17.4 Å². The molecule has 4 nitrogen and oxygen atoms in total. The third kappa shape index (κ3) is 4.31. The third-order valence-corrected chi connectivity index (χ3v) is 3.25. The maximum Gasteiger partial charge on any atom is 0.255 e. The van der Waals surface area contributed by atoms with Gasteiger partial charge in [-0.25, -0.2) is 4.98 Å². The molecule has 0 saturated heterocycles. The SMILES string of the molecule is CCCCNc1ccc(NC(=O)c2ccccc2C)cn1. The van der Waals surface area contributed by atoms with Gasteiger partial charge in [0.25, 0.3) is 5.91 Å². The van der Waals surface area contributed by atoms with E-state index in [4.69, 9.17) is 0 Å². The molecule has 2 N–H and O–H groups in total. The second kappa shape index (κ2) is 7.43. The highest BCUT2D eigenvalue weighted by molar-refractivity contribution is 6.05. The number of carbonyl (C=O) groups excluding carboxylic acids is 1. The summed E-state index contributed by atoms with van der Waals surface area (Å²) in [5, 5.41) is 6.11. The molecule has 2 rings (SSSR count). The highest BCUT2D eigenvalue weighted by Gasteiger charge is 2.08. The van der Waals surface area contributed by atoms with Crippen molar-refractivity contribution in [2.45, 2.75) is 26.7 Å². The van der Waals surface area contributed by atoms with Crippen molar-refractivity contribution < 1.29 is 4.79 Å². The van der Waals surface area contributed by atoms with E-state index in [9.17, 15) is 4.79 Å². The number of rotatable bonds is 6. The van der Waals surface area contributed by atoms with Gasteiger partial charge in [-0.05, 0) is 37.1 Å². The number of benzene rings is 1. The van der Waals surface area contributed by atoms with E-state index in [1.165, 1.54) is 0 Å². The van der Waals surface area contributed by atoms with Crippen LogP contribution in [-0.4, -0.2) is 17.4 Å². The summed E-state index contributed by atoms with van der Waals surface area (Å²) in [6.07, 6.45) is 3.94. The van der Waals surface area contributed by atoms with Crippen LogP contribution in [0.15, 0.2) is 42.6 Å². The highest BCUT2D eigenvalue weighted by atomic mass is 16.1. The van der Waals surface area contributed by atoms with Crippen LogP contribution >= 0.6 is 0 Å². The van der Waals surface area contributed by atoms with Gasteiger partial charge in [0, 0.05) is 12.1 Å². The zero-order chi connectivity index (χ0) is 15.1. The Labute approximate surface area is 125 Å². The molecule has 1 aromatic carbocycles. The summed E-state index contributed by atoms with van der Waals surface area (Å²) in [4.78, 5) is 16.5. The van der Waals surface area contributed by atoms with E-state index >= 15 is 0 Å². The Morgan fingerprint density at radius 3 is 2.67 bits per heavy atom. The lowest BCUT2D eigenvalue weighted by atomic mass is 10.1. The Morgan fingerprint density at radius 1 is 1.19 bits per heavy atom. The zero-order valence-corrected chi connectivity index (χ0v) is 12.5. The second-order valence-corrected chi connectivity index (χ2v) is 4.98. The minimum absolute atomic E-state index is 0.110. The smallest absolute Gasteiger partial charge is 0.255 e. The second-order valence-electron chi connectivity index (χ2n) is 4.98. The summed E-state index contributed by atoms with van der Waals surface area (Å²) < 4.78 is 0. The minimum atomic E-state index is -0.110. The molecule has 0 bridgehead atoms. The van der Waals surface area contributed by atoms with Crippen molar-refractivity contribution in [2.75, 3.05) is 17.2 Å². The van der Waals surface area contributed by atoms with Gasteiger partial charge in [0.2, 0.25) is 0 Å². The van der Waals surface area contributed by atoms with E-state index in [0.29, 0.717) is 11.3 Å². The molecule has 1 aromatic heterocycles. The van der Waals surface area contributed by atoms with Gasteiger partial charge in [-0.15, -0.1) is 0 Å². The van der Waals surface area contributed by atoms with Gasteiger partial charge in [0.1, 0.15) is 5.82 Å². The van der Waals surface area contributed by atoms with Gasteiger partial charge >= 0.3 is 0 Å². The molecule has 0 atom stereocenters. The molecule has 0 aliphatic carbocycles. The summed E-state index contributed by atoms with van der Waals surface area (Å²) in [5.41, 5.74) is 2.34. The maximum atomic E-state index is 12.2. The van der Waals surface area contributed by atoms with Crippen LogP contribution in [-0.2, 0) is 0 Å². The quantitative estimate of drug-likeness (QED) is 0.792. The summed E-state index contributed by atoms with van der Waals surface area (Å²) in [6, 6.07) is 11.3. The molecular formula is C17H21N3O. The first-order valence-corrected chi connectivity index (χ1v) is 7.27. The predicted octanol–water partition coefficient (Wildman–Crippen LogP) is 3.85. The van der Waals surface area contributed by atoms with Crippen LogP contribution in [0.1, 0.15) is 35.7 Å². The monoisotopic (exact) mass is 283 g/mol. The normalized spacial score (nSPS) is 10.2. The average Bonchev–Trinajstić information content (AvgIpc) is 2.49. The summed E-state index contributed by atoms with van der Waals surface area (Å²) in [5.74, 6) is 0.721. The maximum absolute atomic E-state index is 12.2. The van der Waals surface area contributed by atoms with Crippen LogP contribution in [0.3, 0.4) is 0 Å². The summed E-state index contributed by atoms with van der Waals surface area (Å²) in [6.45, 7) is 4.99. The number of unbranched alkanes of at least 4 members (excludes halogenated alkanes) is 1. The molecule has 0 aliphatic rings. The molecule has 2 aromatic rings. The van der Waals surface area contributed by atoms with E-state index in [-0.39, 0.29) is 5.91 Å². The zero-order valence-electron chi connectivity index (χ0n) is 12.5. The van der Waals surface area contributed by atoms with Crippen LogP contribution in [0, 0.1) is 6.92 Å². The van der Waals surface area contributed by atoms with Gasteiger partial charge < -0.3 is 10.6 Å². The van der Waals surface area contributed by atoms with E-state index in [2.05, 4.69) is 22.5 Å². The Morgan fingerprint density at radius 2 is 2.00 bits per heavy atom. The van der Waals surface area contributed by atoms with Gasteiger partial charge in [0.05, 0.1) is 11.9 Å². The van der Waals surface area contributed by atoms with E-state index in [1.807, 2.05) is 43.3 Å². The molecular weight excluding hydrogens is 262 g/mol. The average molecular weight is 283 g/mol. The Hall–Kier alpha value is -2.36. The lowest BCUT2D eigenvalue weighted by Gasteiger charge is -2.08. The first-order valence-electron chi connectivity index (χ1n) is 7.27. The highest BCUT2D eigenvalue weighted by Crippen LogP contribution is 2.13. The molecule has 110 valence electrons. The van der Waals surface area contributed by atoms with Crippen molar-refractivity contribution in [2.24, 2.45) is 0 Å². The molecule has 4 heteroatoms. The van der Waals surface area contributed by atoms with Crippen molar-refractivity contribution in [3.63, 3.8) is 0 Å². The van der Waals surface area contributed by atoms with Crippen LogP contribution < -0.4 is 10.6 Å². The van der Waals surface area contributed by atoms with Crippen molar-refractivity contribution in [3.8, 4) is 0 Å². The molecule has 0 spiro atoms. The lowest BCUT2D eigenvalue weighted by molar-refractivity contribution is 0.102. The number of pyridine rings is 1. The summed E-state index contributed by atoms with van der Waals surface area (Å²) >= 11 is 0. The van der Waals surface area contributed by atoms with Gasteiger partial charge in [-0.2, -0.15) is 0 Å². The lowest BCUT2D eigenvalue weighted by Crippen LogP contribution is -2.13. The number of amides is 1. The summed E-state index contributed by atoms with van der Waals surface area (Å²) in [7, 11) is 0. The Balaban J connectivity index is 1.97. The fourth-order valence-electron chi connectivity index (χ4n) is 1.99. The first-order chi connectivity index (χ1) is 10.2. The van der Waals surface area contributed by atoms with Gasteiger partial charge in [0.15, 0.2) is 0 Å². The third-order valence-electron chi connectivity index (χ3n) is 3.25. The number of aryl methyl sites for hydroxylation is 1. The minimum Gasteiger partial charge on any atom is -0.370 e. The Bertz CT molecular complexity index is 593. The number of anilines is 2. The van der Waals surface area contributed by atoms with E-state index in [0.717, 1.165) is 30.8 Å². The van der Waals surface area contributed by atoms with Crippen molar-refractivity contribution in [1.82, 2.24) is 4.98 Å². The molecule has 1 heterocycles. The predicted molar refractivity (Wildman–Crippen MR) is 86.8 cm³/mol. The number of nitrogens with zero attached hydrogens (tertiary/aromatic N) is 1. The topological polar surface area (TPSA) is 54.0 Å². The van der Waals surface area contributed by atoms with Crippen LogP contribution in [0.25, 0.3) is 0 Å². The van der Waals surface area contributed by atoms with Crippen molar-refractivity contribution in [3.05, 3.63) is 53.7 Å². The molecule has 1 amide bonds. The number of aromatic nitrogens is 1. The number of nitrogens with one attached hydrogen (secondary N) is 2. The first kappa shape index (κ1) is 15.0. The molecule has 0 saturated carbocycles. The number of hydrogen-bond acceptors (Lipinski definition) is 3. The van der Waals surface area contributed by atoms with E-state index < -0.39 is 0 Å². The van der Waals surface area contributed by atoms with Crippen LogP contribution in [0.4, 0.5) is 11.5 Å². The number of hydrogen-bond donors (Lipinski definition) is 2. The number of carbonyl (C=O) groups is 1. The largest absolute Gasteiger partial charge is 0.370 e. The fourth-order valence-corrected chi connectivity index (χ4v) is 1.99. The molecule has 0 radical (unpaired) electrons. The van der Waals surface area contributed by atoms with Crippen molar-refractivity contribution in [1.29, 1.82) is 0 Å². The van der Waals surface area contributed by atoms with Gasteiger partial charge in [-0.3, -0.25) is 4.79 Å². The Kier molecular flexibility index (Phi) is 5.32. The van der Waals surface area contributed by atoms with E-state index in [1.54, 1.807) is 6.20 Å². The molecule has 0 fully saturated rings. The molecule has 0 unspecified atom stereocenters. The fraction of sp³-hybridized carbons (Fsp3) is 0.294.